The Morgan fingerprint density at radius 2 is 2.00 bits per heavy atom. The molecule has 0 heterocycles. The first-order chi connectivity index (χ1) is 5.38. The van der Waals surface area contributed by atoms with Gasteiger partial charge in [0, 0.05) is 18.8 Å². The van der Waals surface area contributed by atoms with Crippen LogP contribution in [-0.2, 0) is 0 Å². The van der Waals surface area contributed by atoms with E-state index in [9.17, 15) is 0 Å². The summed E-state index contributed by atoms with van der Waals surface area (Å²) in [4.78, 5) is 2.38. The summed E-state index contributed by atoms with van der Waals surface area (Å²) in [5.74, 6) is 0. The van der Waals surface area contributed by atoms with Crippen molar-refractivity contribution in [3.8, 4) is 0 Å². The van der Waals surface area contributed by atoms with Gasteiger partial charge in [-0.15, -0.1) is 0 Å². The van der Waals surface area contributed by atoms with Crippen molar-refractivity contribution in [1.29, 1.82) is 0 Å². The number of hydrogen-bond acceptors (Lipinski definition) is 1. The molecule has 0 N–H and O–H groups in total. The highest BCUT2D eigenvalue weighted by Gasteiger charge is 2.02. The van der Waals surface area contributed by atoms with Crippen LogP contribution in [0.3, 0.4) is 0 Å². The Morgan fingerprint density at radius 3 is 2.45 bits per heavy atom. The normalized spacial score (nSPS) is 16.4. The predicted molar refractivity (Wildman–Crippen MR) is 49.4 cm³/mol. The van der Waals surface area contributed by atoms with E-state index in [0.29, 0.717) is 0 Å². The number of hydrogen-bond donors (Lipinski definition) is 0. The van der Waals surface area contributed by atoms with Crippen LogP contribution in [0.25, 0.3) is 0 Å². The third-order valence-corrected chi connectivity index (χ3v) is 2.10. The molecule has 1 nitrogen and oxygen atoms in total. The lowest BCUT2D eigenvalue weighted by Gasteiger charge is -2.23. The second-order valence-corrected chi connectivity index (χ2v) is 2.78. The lowest BCUT2D eigenvalue weighted by atomic mass is 10.1. The van der Waals surface area contributed by atoms with E-state index in [4.69, 9.17) is 0 Å². The van der Waals surface area contributed by atoms with E-state index in [1.54, 1.807) is 0 Å². The van der Waals surface area contributed by atoms with Crippen LogP contribution < -0.4 is 0 Å². The minimum absolute atomic E-state index is 1.12. The first-order valence-electron chi connectivity index (χ1n) is 4.50. The molecule has 1 aliphatic carbocycles. The van der Waals surface area contributed by atoms with Crippen LogP contribution in [0.4, 0.5) is 0 Å². The van der Waals surface area contributed by atoms with E-state index >= 15 is 0 Å². The summed E-state index contributed by atoms with van der Waals surface area (Å²) < 4.78 is 0. The summed E-state index contributed by atoms with van der Waals surface area (Å²) in [5.41, 5.74) is 1.40. The maximum Gasteiger partial charge on any atom is 0.0322 e. The minimum Gasteiger partial charge on any atom is -0.372 e. The fourth-order valence-corrected chi connectivity index (χ4v) is 1.42. The van der Waals surface area contributed by atoms with Crippen LogP contribution in [0.1, 0.15) is 26.7 Å². The van der Waals surface area contributed by atoms with Gasteiger partial charge in [0.1, 0.15) is 0 Å². The van der Waals surface area contributed by atoms with Crippen molar-refractivity contribution < 1.29 is 0 Å². The molecular formula is C10H17N. The van der Waals surface area contributed by atoms with Crippen molar-refractivity contribution in [1.82, 2.24) is 4.90 Å². The topological polar surface area (TPSA) is 3.24 Å². The molecule has 0 aromatic heterocycles. The van der Waals surface area contributed by atoms with Crippen LogP contribution >= 0.6 is 0 Å². The van der Waals surface area contributed by atoms with Crippen LogP contribution in [0.2, 0.25) is 0 Å². The smallest absolute Gasteiger partial charge is 0.0322 e. The van der Waals surface area contributed by atoms with Crippen LogP contribution in [0.15, 0.2) is 23.9 Å². The number of nitrogens with zero attached hydrogens (tertiary/aromatic N) is 1. The van der Waals surface area contributed by atoms with Crippen LogP contribution in [0, 0.1) is 0 Å². The van der Waals surface area contributed by atoms with Crippen molar-refractivity contribution in [2.75, 3.05) is 13.1 Å². The zero-order valence-electron chi connectivity index (χ0n) is 7.51. The third-order valence-electron chi connectivity index (χ3n) is 2.10. The monoisotopic (exact) mass is 151 g/mol. The molecule has 1 heteroatoms. The van der Waals surface area contributed by atoms with Crippen LogP contribution in [0.5, 0.6) is 0 Å². The van der Waals surface area contributed by atoms with Crippen molar-refractivity contribution >= 4 is 0 Å². The van der Waals surface area contributed by atoms with E-state index < -0.39 is 0 Å². The molecule has 0 aromatic rings. The van der Waals surface area contributed by atoms with Gasteiger partial charge in [-0.1, -0.05) is 12.2 Å². The zero-order chi connectivity index (χ0) is 8.10. The van der Waals surface area contributed by atoms with Gasteiger partial charge in [-0.05, 0) is 32.8 Å². The highest BCUT2D eigenvalue weighted by Crippen LogP contribution is 2.13. The molecule has 0 fully saturated rings. The Balaban J connectivity index is 2.56. The van der Waals surface area contributed by atoms with Gasteiger partial charge in [0.05, 0.1) is 0 Å². The molecule has 0 radical (unpaired) electrons. The first kappa shape index (κ1) is 8.38. The summed E-state index contributed by atoms with van der Waals surface area (Å²) in [6, 6.07) is 0. The molecule has 0 aliphatic heterocycles. The molecule has 0 saturated heterocycles. The Bertz CT molecular complexity index is 164. The minimum atomic E-state index is 1.12. The Morgan fingerprint density at radius 1 is 1.27 bits per heavy atom. The van der Waals surface area contributed by atoms with Crippen molar-refractivity contribution in [2.24, 2.45) is 0 Å². The molecule has 0 unspecified atom stereocenters. The third kappa shape index (κ3) is 2.11. The largest absolute Gasteiger partial charge is 0.372 e. The van der Waals surface area contributed by atoms with E-state index in [-0.39, 0.29) is 0 Å². The molecule has 0 atom stereocenters. The van der Waals surface area contributed by atoms with Gasteiger partial charge < -0.3 is 4.90 Å². The van der Waals surface area contributed by atoms with Gasteiger partial charge in [0.25, 0.3) is 0 Å². The Hall–Kier alpha value is -0.720. The van der Waals surface area contributed by atoms with E-state index in [2.05, 4.69) is 37.0 Å². The van der Waals surface area contributed by atoms with Crippen LogP contribution in [-0.4, -0.2) is 18.0 Å². The Kier molecular flexibility index (Phi) is 3.21. The van der Waals surface area contributed by atoms with Crippen molar-refractivity contribution in [3.05, 3.63) is 23.9 Å². The molecular weight excluding hydrogens is 134 g/mol. The molecule has 11 heavy (non-hydrogen) atoms. The number of allylic oxidation sites excluding steroid dienone is 3. The maximum atomic E-state index is 2.38. The second-order valence-electron chi connectivity index (χ2n) is 2.78. The first-order valence-corrected chi connectivity index (χ1v) is 4.50. The molecule has 0 aromatic carbocycles. The molecule has 62 valence electrons. The lowest BCUT2D eigenvalue weighted by molar-refractivity contribution is 0.391. The average Bonchev–Trinajstić information content (AvgIpc) is 2.09. The summed E-state index contributed by atoms with van der Waals surface area (Å²) in [6.45, 7) is 6.64. The fourth-order valence-electron chi connectivity index (χ4n) is 1.42. The summed E-state index contributed by atoms with van der Waals surface area (Å²) in [5, 5.41) is 0. The van der Waals surface area contributed by atoms with E-state index in [1.165, 1.54) is 18.5 Å². The standard InChI is InChI=1S/C10H17N/c1-3-11(4-2)10-8-6-5-7-9-10/h6,8-9H,3-5,7H2,1-2H3. The van der Waals surface area contributed by atoms with Gasteiger partial charge in [-0.25, -0.2) is 0 Å². The molecule has 1 rings (SSSR count). The lowest BCUT2D eigenvalue weighted by Crippen LogP contribution is -2.21. The molecule has 0 spiro atoms. The fraction of sp³-hybridized carbons (Fsp3) is 0.600. The van der Waals surface area contributed by atoms with Gasteiger partial charge in [-0.2, -0.15) is 0 Å². The summed E-state index contributed by atoms with van der Waals surface area (Å²) in [7, 11) is 0. The number of likely N-dealkylation sites (N-methyl/N-ethyl adjacent to an activating group) is 1. The maximum absolute atomic E-state index is 2.38. The predicted octanol–water partition coefficient (Wildman–Crippen LogP) is 2.56. The van der Waals surface area contributed by atoms with Gasteiger partial charge in [-0.3, -0.25) is 0 Å². The number of rotatable bonds is 3. The van der Waals surface area contributed by atoms with E-state index in [1.807, 2.05) is 0 Å². The molecule has 1 aliphatic rings. The summed E-state index contributed by atoms with van der Waals surface area (Å²) in [6.07, 6.45) is 9.24. The highest BCUT2D eigenvalue weighted by molar-refractivity contribution is 5.20. The quantitative estimate of drug-likeness (QED) is 0.599. The van der Waals surface area contributed by atoms with Gasteiger partial charge >= 0.3 is 0 Å². The van der Waals surface area contributed by atoms with Crippen molar-refractivity contribution in [3.63, 3.8) is 0 Å². The van der Waals surface area contributed by atoms with Crippen molar-refractivity contribution in [2.45, 2.75) is 26.7 Å². The van der Waals surface area contributed by atoms with E-state index in [0.717, 1.165) is 13.1 Å². The molecule has 0 amide bonds. The van der Waals surface area contributed by atoms with Gasteiger partial charge in [0.2, 0.25) is 0 Å². The highest BCUT2D eigenvalue weighted by atomic mass is 15.1. The SMILES string of the molecule is CCN(CC)C1=CCCC=C1. The summed E-state index contributed by atoms with van der Waals surface area (Å²) >= 11 is 0. The average molecular weight is 151 g/mol. The molecule has 0 saturated carbocycles. The van der Waals surface area contributed by atoms with Gasteiger partial charge in [0.15, 0.2) is 0 Å². The Labute approximate surface area is 69.4 Å². The second kappa shape index (κ2) is 4.22. The zero-order valence-corrected chi connectivity index (χ0v) is 7.51. The molecule has 0 bridgehead atoms.